The number of halogens is 2. The highest BCUT2D eigenvalue weighted by atomic mass is 35.5. The Labute approximate surface area is 96.3 Å². The number of hydrogen-bond acceptors (Lipinski definition) is 2. The molecule has 1 atom stereocenters. The summed E-state index contributed by atoms with van der Waals surface area (Å²) in [6, 6.07) is 4.96. The van der Waals surface area contributed by atoms with Crippen LogP contribution in [0, 0.1) is 0 Å². The number of hydrogen-bond donors (Lipinski definition) is 2. The van der Waals surface area contributed by atoms with Gasteiger partial charge in [0.25, 0.3) is 0 Å². The molecule has 4 nitrogen and oxygen atoms in total. The van der Waals surface area contributed by atoms with Crippen LogP contribution in [-0.4, -0.2) is 22.7 Å². The molecule has 0 aliphatic carbocycles. The molecule has 0 saturated carbocycles. The number of carbonyl (C=O) groups excluding carboxylic acids is 1. The molecule has 0 radical (unpaired) electrons. The van der Waals surface area contributed by atoms with Crippen LogP contribution in [0.25, 0.3) is 0 Å². The SMILES string of the molecule is O=C1C[NH2+][C@H](c2ccc(Cl)cc2Cl)N1O. The van der Waals surface area contributed by atoms with Crippen LogP contribution in [0.2, 0.25) is 10.0 Å². The number of amides is 1. The fourth-order valence-electron chi connectivity index (χ4n) is 1.56. The molecule has 1 fully saturated rings. The fourth-order valence-corrected chi connectivity index (χ4v) is 2.08. The number of quaternary nitrogens is 1. The first-order valence-corrected chi connectivity index (χ1v) is 5.14. The first kappa shape index (κ1) is 10.7. The quantitative estimate of drug-likeness (QED) is 0.722. The van der Waals surface area contributed by atoms with Crippen LogP contribution in [0.5, 0.6) is 0 Å². The molecular weight excluding hydrogens is 239 g/mol. The molecule has 0 aromatic heterocycles. The summed E-state index contributed by atoms with van der Waals surface area (Å²) in [6.07, 6.45) is -0.470. The zero-order chi connectivity index (χ0) is 11.0. The lowest BCUT2D eigenvalue weighted by Crippen LogP contribution is -2.83. The van der Waals surface area contributed by atoms with E-state index in [2.05, 4.69) is 0 Å². The summed E-state index contributed by atoms with van der Waals surface area (Å²) in [7, 11) is 0. The van der Waals surface area contributed by atoms with Gasteiger partial charge in [0.15, 0.2) is 6.54 Å². The van der Waals surface area contributed by atoms with Crippen LogP contribution >= 0.6 is 23.2 Å². The van der Waals surface area contributed by atoms with E-state index in [-0.39, 0.29) is 12.5 Å². The molecule has 1 saturated heterocycles. The van der Waals surface area contributed by atoms with Crippen LogP contribution in [0.1, 0.15) is 11.7 Å². The van der Waals surface area contributed by atoms with E-state index in [0.29, 0.717) is 20.7 Å². The highest BCUT2D eigenvalue weighted by molar-refractivity contribution is 6.35. The van der Waals surface area contributed by atoms with Crippen LogP contribution in [0.15, 0.2) is 18.2 Å². The van der Waals surface area contributed by atoms with Gasteiger partial charge in [-0.3, -0.25) is 10.0 Å². The van der Waals surface area contributed by atoms with Crippen molar-refractivity contribution in [1.82, 2.24) is 5.06 Å². The third-order valence-corrected chi connectivity index (χ3v) is 2.88. The first-order chi connectivity index (χ1) is 7.09. The average Bonchev–Trinajstić information content (AvgIpc) is 2.49. The molecule has 1 amide bonds. The number of nitrogens with zero attached hydrogens (tertiary/aromatic N) is 1. The molecule has 6 heteroatoms. The van der Waals surface area contributed by atoms with E-state index in [1.54, 1.807) is 23.5 Å². The van der Waals surface area contributed by atoms with Crippen molar-refractivity contribution >= 4 is 29.1 Å². The van der Waals surface area contributed by atoms with Gasteiger partial charge in [-0.15, -0.1) is 0 Å². The summed E-state index contributed by atoms with van der Waals surface area (Å²) in [6.45, 7) is 0.222. The Bertz CT molecular complexity index is 411. The Morgan fingerprint density at radius 1 is 1.47 bits per heavy atom. The van der Waals surface area contributed by atoms with Gasteiger partial charge in [-0.05, 0) is 18.2 Å². The van der Waals surface area contributed by atoms with Crippen LogP contribution in [0.4, 0.5) is 0 Å². The molecule has 2 rings (SSSR count). The molecule has 1 aliphatic heterocycles. The molecule has 1 aromatic rings. The van der Waals surface area contributed by atoms with Gasteiger partial charge in [-0.25, -0.2) is 0 Å². The van der Waals surface area contributed by atoms with E-state index in [1.807, 2.05) is 0 Å². The maximum atomic E-state index is 11.1. The maximum Gasteiger partial charge on any atom is 0.306 e. The lowest BCUT2D eigenvalue weighted by atomic mass is 10.2. The Balaban J connectivity index is 2.34. The van der Waals surface area contributed by atoms with Crippen molar-refractivity contribution in [1.29, 1.82) is 0 Å². The minimum atomic E-state index is -0.470. The molecule has 1 aliphatic rings. The van der Waals surface area contributed by atoms with Crippen LogP contribution in [0.3, 0.4) is 0 Å². The molecule has 0 unspecified atom stereocenters. The second kappa shape index (κ2) is 3.98. The summed E-state index contributed by atoms with van der Waals surface area (Å²) >= 11 is 11.7. The van der Waals surface area contributed by atoms with Gasteiger partial charge in [0.2, 0.25) is 6.17 Å². The molecule has 0 bridgehead atoms. The van der Waals surface area contributed by atoms with Gasteiger partial charge >= 0.3 is 5.91 Å². The zero-order valence-electron chi connectivity index (χ0n) is 7.65. The van der Waals surface area contributed by atoms with Gasteiger partial charge < -0.3 is 5.32 Å². The largest absolute Gasteiger partial charge is 0.313 e. The molecule has 1 aromatic carbocycles. The van der Waals surface area contributed by atoms with Crippen LogP contribution in [-0.2, 0) is 4.79 Å². The monoisotopic (exact) mass is 247 g/mol. The molecule has 15 heavy (non-hydrogen) atoms. The Kier molecular flexibility index (Phi) is 2.84. The maximum absolute atomic E-state index is 11.1. The summed E-state index contributed by atoms with van der Waals surface area (Å²) in [5.41, 5.74) is 0.675. The standard InChI is InChI=1S/C9H8Cl2N2O2/c10-5-1-2-6(7(11)3-5)9-12-4-8(14)13(9)15/h1-3,9,12,15H,4H2/p+1/t9-/m0/s1. The Hall–Kier alpha value is -0.810. The number of rotatable bonds is 1. The van der Waals surface area contributed by atoms with Gasteiger partial charge in [-0.1, -0.05) is 23.2 Å². The van der Waals surface area contributed by atoms with E-state index in [1.165, 1.54) is 0 Å². The van der Waals surface area contributed by atoms with E-state index >= 15 is 0 Å². The minimum Gasteiger partial charge on any atom is -0.313 e. The van der Waals surface area contributed by atoms with E-state index in [0.717, 1.165) is 0 Å². The smallest absolute Gasteiger partial charge is 0.306 e. The number of hydroxylamine groups is 2. The summed E-state index contributed by atoms with van der Waals surface area (Å²) in [5.74, 6) is -0.328. The second-order valence-electron chi connectivity index (χ2n) is 3.29. The number of nitrogens with two attached hydrogens (primary N) is 1. The molecule has 1 heterocycles. The molecular formula is C9H9Cl2N2O2+. The Morgan fingerprint density at radius 3 is 2.73 bits per heavy atom. The summed E-state index contributed by atoms with van der Waals surface area (Å²) < 4.78 is 0. The predicted octanol–water partition coefficient (Wildman–Crippen LogP) is 0.787. The van der Waals surface area contributed by atoms with Gasteiger partial charge in [0.1, 0.15) is 0 Å². The van der Waals surface area contributed by atoms with Crippen molar-refractivity contribution in [2.24, 2.45) is 0 Å². The average molecular weight is 248 g/mol. The topological polar surface area (TPSA) is 57.2 Å². The summed E-state index contributed by atoms with van der Waals surface area (Å²) in [5, 5.41) is 12.8. The van der Waals surface area contributed by atoms with E-state index < -0.39 is 6.17 Å². The number of benzene rings is 1. The number of carbonyl (C=O) groups is 1. The molecule has 80 valence electrons. The van der Waals surface area contributed by atoms with Crippen LogP contribution < -0.4 is 5.32 Å². The highest BCUT2D eigenvalue weighted by Crippen LogP contribution is 2.26. The fraction of sp³-hybridized carbons (Fsp3) is 0.222. The third-order valence-electron chi connectivity index (χ3n) is 2.32. The second-order valence-corrected chi connectivity index (χ2v) is 4.13. The van der Waals surface area contributed by atoms with Crippen molar-refractivity contribution < 1.29 is 15.3 Å². The normalized spacial score (nSPS) is 21.1. The molecule has 0 spiro atoms. The van der Waals surface area contributed by atoms with Crippen molar-refractivity contribution in [3.05, 3.63) is 33.8 Å². The van der Waals surface area contributed by atoms with Crippen molar-refractivity contribution in [3.8, 4) is 0 Å². The minimum absolute atomic E-state index is 0.222. The van der Waals surface area contributed by atoms with Crippen molar-refractivity contribution in [3.63, 3.8) is 0 Å². The first-order valence-electron chi connectivity index (χ1n) is 4.39. The van der Waals surface area contributed by atoms with Gasteiger partial charge in [-0.2, -0.15) is 5.06 Å². The third kappa shape index (κ3) is 1.94. The lowest BCUT2D eigenvalue weighted by molar-refractivity contribution is -0.694. The van der Waals surface area contributed by atoms with Gasteiger partial charge in [0.05, 0.1) is 10.6 Å². The van der Waals surface area contributed by atoms with Gasteiger partial charge in [0, 0.05) is 5.02 Å². The van der Waals surface area contributed by atoms with E-state index in [4.69, 9.17) is 23.2 Å². The highest BCUT2D eigenvalue weighted by Gasteiger charge is 2.36. The Morgan fingerprint density at radius 2 is 2.20 bits per heavy atom. The van der Waals surface area contributed by atoms with Crippen molar-refractivity contribution in [2.75, 3.05) is 6.54 Å². The lowest BCUT2D eigenvalue weighted by Gasteiger charge is -2.15. The van der Waals surface area contributed by atoms with Crippen molar-refractivity contribution in [2.45, 2.75) is 6.17 Å². The summed E-state index contributed by atoms with van der Waals surface area (Å²) in [4.78, 5) is 11.1. The molecule has 3 N–H and O–H groups in total. The van der Waals surface area contributed by atoms with E-state index in [9.17, 15) is 10.0 Å². The predicted molar refractivity (Wildman–Crippen MR) is 54.6 cm³/mol. The zero-order valence-corrected chi connectivity index (χ0v) is 9.16.